The summed E-state index contributed by atoms with van der Waals surface area (Å²) in [5.41, 5.74) is 3.29. The van der Waals surface area contributed by atoms with Crippen molar-refractivity contribution in [1.82, 2.24) is 0 Å². The van der Waals surface area contributed by atoms with E-state index < -0.39 is 51.1 Å². The maximum absolute atomic E-state index is 13.0. The summed E-state index contributed by atoms with van der Waals surface area (Å²) in [7, 11) is -4.73. The lowest BCUT2D eigenvalue weighted by Gasteiger charge is -2.21. The first-order valence-corrected chi connectivity index (χ1v) is 24.7. The van der Waals surface area contributed by atoms with Crippen molar-refractivity contribution in [3.8, 4) is 0 Å². The molecule has 58 heavy (non-hydrogen) atoms. The van der Waals surface area contributed by atoms with Gasteiger partial charge in [-0.25, -0.2) is 4.57 Å². The Bertz CT molecular complexity index is 1120. The van der Waals surface area contributed by atoms with Gasteiger partial charge in [0.05, 0.1) is 6.61 Å². The van der Waals surface area contributed by atoms with Crippen LogP contribution >= 0.6 is 7.82 Å². The normalized spacial score (nSPS) is 17.2. The Hall–Kier alpha value is -1.52. The largest absolute Gasteiger partial charge is 0.544 e. The highest BCUT2D eigenvalue weighted by Gasteiger charge is 2.28. The summed E-state index contributed by atoms with van der Waals surface area (Å²) in [4.78, 5) is 46.9. The van der Waals surface area contributed by atoms with Gasteiger partial charge in [-0.2, -0.15) is 0 Å². The van der Waals surface area contributed by atoms with E-state index in [4.69, 9.17) is 18.5 Å². The third kappa shape index (κ3) is 34.2. The van der Waals surface area contributed by atoms with Crippen LogP contribution in [0.5, 0.6) is 0 Å². The molecule has 0 radical (unpaired) electrons. The minimum atomic E-state index is -4.73. The van der Waals surface area contributed by atoms with Crippen LogP contribution in [0.1, 0.15) is 198 Å². The van der Waals surface area contributed by atoms with Crippen LogP contribution in [0.25, 0.3) is 0 Å². The van der Waals surface area contributed by atoms with E-state index in [0.717, 1.165) is 62.2 Å². The number of quaternary nitrogens is 1. The van der Waals surface area contributed by atoms with Gasteiger partial charge in [0.1, 0.15) is 25.2 Å². The summed E-state index contributed by atoms with van der Waals surface area (Å²) in [5, 5.41) is 10.9. The summed E-state index contributed by atoms with van der Waals surface area (Å²) in [6, 6.07) is -1.39. The Labute approximate surface area is 355 Å². The number of carbonyl (C=O) groups is 3. The molecule has 0 rings (SSSR count). The number of ether oxygens (including phenoxy) is 2. The van der Waals surface area contributed by atoms with Crippen molar-refractivity contribution in [2.45, 2.75) is 210 Å². The minimum Gasteiger partial charge on any atom is -0.544 e. The van der Waals surface area contributed by atoms with Gasteiger partial charge < -0.3 is 30.0 Å². The second-order valence-electron chi connectivity index (χ2n) is 19.3. The molecule has 0 aromatic carbocycles. The summed E-state index contributed by atoms with van der Waals surface area (Å²) in [6.07, 6.45) is 20.5. The van der Waals surface area contributed by atoms with Crippen LogP contribution in [0.4, 0.5) is 0 Å². The van der Waals surface area contributed by atoms with E-state index in [9.17, 15) is 28.9 Å². The molecule has 344 valence electrons. The van der Waals surface area contributed by atoms with Gasteiger partial charge in [0.15, 0.2) is 6.10 Å². The highest BCUT2D eigenvalue weighted by molar-refractivity contribution is 7.47. The van der Waals surface area contributed by atoms with E-state index in [1.165, 1.54) is 77.0 Å². The molecule has 0 saturated heterocycles. The topological polar surface area (TPSA) is 176 Å². The van der Waals surface area contributed by atoms with Gasteiger partial charge >= 0.3 is 19.8 Å². The van der Waals surface area contributed by atoms with E-state index in [-0.39, 0.29) is 31.3 Å². The number of aliphatic carboxylic acids is 1. The molecule has 0 aliphatic rings. The lowest BCUT2D eigenvalue weighted by Crippen LogP contribution is -2.70. The van der Waals surface area contributed by atoms with Gasteiger partial charge in [0.2, 0.25) is 0 Å². The van der Waals surface area contributed by atoms with E-state index in [1.54, 1.807) is 0 Å². The number of phosphoric acid groups is 1. The van der Waals surface area contributed by atoms with Gasteiger partial charge in [-0.05, 0) is 47.3 Å². The van der Waals surface area contributed by atoms with E-state index >= 15 is 0 Å². The fourth-order valence-electron chi connectivity index (χ4n) is 7.42. The first-order valence-electron chi connectivity index (χ1n) is 23.2. The van der Waals surface area contributed by atoms with Crippen LogP contribution in [0.2, 0.25) is 0 Å². The molecule has 0 bridgehead atoms. The van der Waals surface area contributed by atoms with Gasteiger partial charge in [0, 0.05) is 12.8 Å². The maximum atomic E-state index is 13.0. The van der Waals surface area contributed by atoms with Crippen LogP contribution in [-0.2, 0) is 37.5 Å². The summed E-state index contributed by atoms with van der Waals surface area (Å²) in [5.74, 6) is 2.01. The van der Waals surface area contributed by atoms with Crippen LogP contribution in [0, 0.1) is 47.3 Å². The maximum Gasteiger partial charge on any atom is 0.472 e. The summed E-state index contributed by atoms with van der Waals surface area (Å²) in [6.45, 7) is 20.8. The number of phosphoric ester groups is 1. The molecular weight excluding hydrogens is 757 g/mol. The van der Waals surface area contributed by atoms with Crippen molar-refractivity contribution in [2.75, 3.05) is 19.8 Å². The van der Waals surface area contributed by atoms with Crippen molar-refractivity contribution in [1.29, 1.82) is 0 Å². The zero-order valence-electron chi connectivity index (χ0n) is 38.8. The molecule has 0 aliphatic carbocycles. The molecule has 0 amide bonds. The number of hydrogen-bond donors (Lipinski definition) is 2. The predicted molar refractivity (Wildman–Crippen MR) is 231 cm³/mol. The zero-order chi connectivity index (χ0) is 44.1. The third-order valence-electron chi connectivity index (χ3n) is 11.5. The fourth-order valence-corrected chi connectivity index (χ4v) is 8.22. The van der Waals surface area contributed by atoms with Crippen molar-refractivity contribution >= 4 is 25.7 Å². The molecule has 4 N–H and O–H groups in total. The van der Waals surface area contributed by atoms with Gasteiger partial charge in [0.25, 0.3) is 0 Å². The van der Waals surface area contributed by atoms with Crippen LogP contribution in [-0.4, -0.2) is 54.8 Å². The number of carbonyl (C=O) groups excluding carboxylic acids is 3. The number of carboxylic acids is 1. The lowest BCUT2D eigenvalue weighted by molar-refractivity contribution is -0.440. The van der Waals surface area contributed by atoms with Crippen molar-refractivity contribution < 1.29 is 53.2 Å². The highest BCUT2D eigenvalue weighted by Crippen LogP contribution is 2.43. The van der Waals surface area contributed by atoms with Crippen LogP contribution in [0.15, 0.2) is 0 Å². The Morgan fingerprint density at radius 1 is 0.517 bits per heavy atom. The summed E-state index contributed by atoms with van der Waals surface area (Å²) < 4.78 is 33.3. The average Bonchev–Trinajstić information content (AvgIpc) is 3.11. The molecule has 0 aromatic heterocycles. The van der Waals surface area contributed by atoms with Gasteiger partial charge in [-0.15, -0.1) is 0 Å². The van der Waals surface area contributed by atoms with Crippen molar-refractivity contribution in [3.63, 3.8) is 0 Å². The molecule has 12 heteroatoms. The second kappa shape index (κ2) is 33.1. The minimum absolute atomic E-state index is 0.0578. The second-order valence-corrected chi connectivity index (χ2v) is 20.7. The standard InChI is InChI=1S/C46H90NO10P/c1-34(2)17-11-19-36(5)21-13-23-38(7)25-15-27-40(9)29-44(48)54-31-42(32-55-58(52,53)56-33-43(47)46(50)51)57-45(49)30-41(10)28-16-26-39(8)24-14-22-37(6)20-12-18-35(3)4/h34-43H,11-33,47H2,1-10H3,(H,50,51)(H,52,53)/t36?,37?,38?,39?,40?,41?,42-,43?/m1/s1. The third-order valence-corrected chi connectivity index (χ3v) is 12.4. The molecule has 0 fully saturated rings. The summed E-state index contributed by atoms with van der Waals surface area (Å²) >= 11 is 0. The first-order chi connectivity index (χ1) is 27.2. The van der Waals surface area contributed by atoms with Crippen molar-refractivity contribution in [3.05, 3.63) is 0 Å². The molecule has 0 heterocycles. The highest BCUT2D eigenvalue weighted by atomic mass is 31.2. The number of esters is 2. The number of carboxylic acid groups (broad SMARTS) is 1. The Kier molecular flexibility index (Phi) is 32.3. The van der Waals surface area contributed by atoms with E-state index in [1.807, 2.05) is 13.8 Å². The Balaban J connectivity index is 4.84. The van der Waals surface area contributed by atoms with Crippen molar-refractivity contribution in [2.24, 2.45) is 47.3 Å². The van der Waals surface area contributed by atoms with Crippen LogP contribution < -0.4 is 10.8 Å². The average molecular weight is 848 g/mol. The molecule has 0 aliphatic heterocycles. The van der Waals surface area contributed by atoms with E-state index in [0.29, 0.717) is 11.8 Å². The van der Waals surface area contributed by atoms with E-state index in [2.05, 4.69) is 61.1 Å². The van der Waals surface area contributed by atoms with Crippen LogP contribution in [0.3, 0.4) is 0 Å². The Morgan fingerprint density at radius 2 is 0.845 bits per heavy atom. The lowest BCUT2D eigenvalue weighted by atomic mass is 9.91. The fraction of sp³-hybridized carbons (Fsp3) is 0.935. The monoisotopic (exact) mass is 848 g/mol. The SMILES string of the molecule is CC(C)CCCC(C)CCCC(C)CCCC(C)CC(=O)OC[C@H](COP(=O)(O)OCC([NH3+])C(=O)[O-])OC(=O)CC(C)CCCC(C)CCCC(C)CCCC(C)C. The molecule has 0 spiro atoms. The number of hydrogen-bond acceptors (Lipinski definition) is 9. The molecule has 9 atom stereocenters. The smallest absolute Gasteiger partial charge is 0.472 e. The van der Waals surface area contributed by atoms with Gasteiger partial charge in [-0.1, -0.05) is 185 Å². The Morgan fingerprint density at radius 3 is 1.21 bits per heavy atom. The van der Waals surface area contributed by atoms with Gasteiger partial charge in [-0.3, -0.25) is 18.6 Å². The molecule has 11 nitrogen and oxygen atoms in total. The zero-order valence-corrected chi connectivity index (χ0v) is 39.7. The molecular formula is C46H90NO10P. The quantitative estimate of drug-likeness (QED) is 0.0449. The molecule has 8 unspecified atom stereocenters. The number of rotatable bonds is 38. The first kappa shape index (κ1) is 56.5. The molecule has 0 saturated carbocycles. The molecule has 0 aromatic rings. The predicted octanol–water partition coefficient (Wildman–Crippen LogP) is 9.87.